The first-order chi connectivity index (χ1) is 10.1. The van der Waals surface area contributed by atoms with E-state index in [1.807, 2.05) is 12.1 Å². The Labute approximate surface area is 125 Å². The van der Waals surface area contributed by atoms with Gasteiger partial charge >= 0.3 is 0 Å². The Kier molecular flexibility index (Phi) is 5.75. The van der Waals surface area contributed by atoms with Crippen molar-refractivity contribution in [2.24, 2.45) is 11.7 Å². The van der Waals surface area contributed by atoms with E-state index < -0.39 is 5.91 Å². The molecule has 1 aromatic rings. The van der Waals surface area contributed by atoms with Gasteiger partial charge in [-0.1, -0.05) is 12.1 Å². The van der Waals surface area contributed by atoms with Crippen LogP contribution in [0.1, 0.15) is 35.2 Å². The molecule has 0 spiro atoms. The summed E-state index contributed by atoms with van der Waals surface area (Å²) in [5.74, 6) is 0.321. The summed E-state index contributed by atoms with van der Waals surface area (Å²) in [5, 5.41) is 6.23. The minimum absolute atomic E-state index is 0.105. The second kappa shape index (κ2) is 7.78. The minimum atomic E-state index is -0.425. The van der Waals surface area contributed by atoms with Crippen LogP contribution in [0.25, 0.3) is 0 Å². The lowest BCUT2D eigenvalue weighted by molar-refractivity contribution is -0.121. The zero-order valence-electron chi connectivity index (χ0n) is 12.2. The number of amides is 2. The van der Waals surface area contributed by atoms with Gasteiger partial charge in [-0.25, -0.2) is 0 Å². The van der Waals surface area contributed by atoms with Gasteiger partial charge in [0.25, 0.3) is 0 Å². The number of benzene rings is 1. The van der Waals surface area contributed by atoms with Gasteiger partial charge in [-0.15, -0.1) is 0 Å². The highest BCUT2D eigenvalue weighted by Crippen LogP contribution is 2.13. The lowest BCUT2D eigenvalue weighted by Gasteiger charge is -2.09. The van der Waals surface area contributed by atoms with E-state index >= 15 is 0 Å². The first-order valence-electron chi connectivity index (χ1n) is 7.51. The summed E-state index contributed by atoms with van der Waals surface area (Å²) >= 11 is 0. The van der Waals surface area contributed by atoms with Crippen LogP contribution in [0.5, 0.6) is 0 Å². The van der Waals surface area contributed by atoms with Crippen molar-refractivity contribution in [1.82, 2.24) is 10.6 Å². The molecule has 0 radical (unpaired) electrons. The second-order valence-corrected chi connectivity index (χ2v) is 5.56. The molecular weight excluding hydrogens is 266 g/mol. The molecule has 114 valence electrons. The van der Waals surface area contributed by atoms with Crippen molar-refractivity contribution in [3.05, 3.63) is 35.4 Å². The molecule has 0 aliphatic carbocycles. The fourth-order valence-corrected chi connectivity index (χ4v) is 2.61. The SMILES string of the molecule is NC(=O)c1cccc(CCNC(=O)CCC2CCNC2)c1. The monoisotopic (exact) mass is 289 g/mol. The van der Waals surface area contributed by atoms with Crippen LogP contribution in [0.4, 0.5) is 0 Å². The molecule has 21 heavy (non-hydrogen) atoms. The van der Waals surface area contributed by atoms with E-state index in [2.05, 4.69) is 10.6 Å². The topological polar surface area (TPSA) is 84.2 Å². The van der Waals surface area contributed by atoms with Gasteiger partial charge in [-0.3, -0.25) is 9.59 Å². The van der Waals surface area contributed by atoms with E-state index in [1.165, 1.54) is 6.42 Å². The maximum absolute atomic E-state index is 11.8. The van der Waals surface area contributed by atoms with Gasteiger partial charge in [0.1, 0.15) is 0 Å². The first-order valence-corrected chi connectivity index (χ1v) is 7.51. The van der Waals surface area contributed by atoms with E-state index in [4.69, 9.17) is 5.73 Å². The van der Waals surface area contributed by atoms with Gasteiger partial charge in [-0.2, -0.15) is 0 Å². The molecule has 4 N–H and O–H groups in total. The Balaban J connectivity index is 1.67. The Morgan fingerprint density at radius 1 is 1.38 bits per heavy atom. The third kappa shape index (κ3) is 5.19. The highest BCUT2D eigenvalue weighted by atomic mass is 16.1. The van der Waals surface area contributed by atoms with Crippen molar-refractivity contribution in [2.45, 2.75) is 25.7 Å². The van der Waals surface area contributed by atoms with Crippen molar-refractivity contribution >= 4 is 11.8 Å². The van der Waals surface area contributed by atoms with Crippen molar-refractivity contribution in [2.75, 3.05) is 19.6 Å². The molecule has 1 aromatic carbocycles. The molecule has 1 atom stereocenters. The lowest BCUT2D eigenvalue weighted by atomic mass is 10.0. The summed E-state index contributed by atoms with van der Waals surface area (Å²) < 4.78 is 0. The van der Waals surface area contributed by atoms with Gasteiger partial charge in [0.15, 0.2) is 0 Å². The fourth-order valence-electron chi connectivity index (χ4n) is 2.61. The number of carbonyl (C=O) groups excluding carboxylic acids is 2. The number of nitrogens with two attached hydrogens (primary N) is 1. The van der Waals surface area contributed by atoms with Gasteiger partial charge < -0.3 is 16.4 Å². The van der Waals surface area contributed by atoms with Crippen molar-refractivity contribution in [3.63, 3.8) is 0 Å². The van der Waals surface area contributed by atoms with Crippen LogP contribution >= 0.6 is 0 Å². The molecule has 0 aromatic heterocycles. The normalized spacial score (nSPS) is 17.6. The first kappa shape index (κ1) is 15.5. The smallest absolute Gasteiger partial charge is 0.248 e. The van der Waals surface area contributed by atoms with Crippen LogP contribution in [0, 0.1) is 5.92 Å². The van der Waals surface area contributed by atoms with Gasteiger partial charge in [0, 0.05) is 18.5 Å². The predicted octanol–water partition coefficient (Wildman–Crippen LogP) is 0.834. The van der Waals surface area contributed by atoms with Gasteiger partial charge in [-0.05, 0) is 56.0 Å². The molecule has 1 fully saturated rings. The van der Waals surface area contributed by atoms with Crippen LogP contribution in [0.3, 0.4) is 0 Å². The van der Waals surface area contributed by atoms with E-state index in [1.54, 1.807) is 12.1 Å². The number of hydrogen-bond donors (Lipinski definition) is 3. The lowest BCUT2D eigenvalue weighted by Crippen LogP contribution is -2.26. The van der Waals surface area contributed by atoms with Crippen LogP contribution in [-0.2, 0) is 11.2 Å². The summed E-state index contributed by atoms with van der Waals surface area (Å²) in [6.07, 6.45) is 3.43. The van der Waals surface area contributed by atoms with Gasteiger partial charge in [0.05, 0.1) is 0 Å². The summed E-state index contributed by atoms with van der Waals surface area (Å²) in [6, 6.07) is 7.21. The van der Waals surface area contributed by atoms with Gasteiger partial charge in [0.2, 0.25) is 11.8 Å². The Bertz CT molecular complexity index is 496. The molecule has 0 bridgehead atoms. The molecule has 1 unspecified atom stereocenters. The van der Waals surface area contributed by atoms with E-state index in [0.717, 1.165) is 25.1 Å². The van der Waals surface area contributed by atoms with Crippen LogP contribution < -0.4 is 16.4 Å². The summed E-state index contributed by atoms with van der Waals surface area (Å²) in [6.45, 7) is 2.69. The van der Waals surface area contributed by atoms with E-state index in [-0.39, 0.29) is 5.91 Å². The quantitative estimate of drug-likeness (QED) is 0.695. The Morgan fingerprint density at radius 2 is 2.24 bits per heavy atom. The average molecular weight is 289 g/mol. The van der Waals surface area contributed by atoms with Crippen LogP contribution in [-0.4, -0.2) is 31.4 Å². The Morgan fingerprint density at radius 3 is 2.95 bits per heavy atom. The molecule has 2 rings (SSSR count). The third-order valence-corrected chi connectivity index (χ3v) is 3.89. The highest BCUT2D eigenvalue weighted by Gasteiger charge is 2.15. The maximum Gasteiger partial charge on any atom is 0.248 e. The third-order valence-electron chi connectivity index (χ3n) is 3.89. The molecular formula is C16H23N3O2. The minimum Gasteiger partial charge on any atom is -0.366 e. The number of primary amides is 1. The summed E-state index contributed by atoms with van der Waals surface area (Å²) in [4.78, 5) is 22.9. The van der Waals surface area contributed by atoms with Crippen molar-refractivity contribution < 1.29 is 9.59 Å². The van der Waals surface area contributed by atoms with Crippen LogP contribution in [0.15, 0.2) is 24.3 Å². The maximum atomic E-state index is 11.8. The molecule has 1 aliphatic heterocycles. The van der Waals surface area contributed by atoms with Crippen molar-refractivity contribution in [1.29, 1.82) is 0 Å². The number of carbonyl (C=O) groups is 2. The van der Waals surface area contributed by atoms with Crippen molar-refractivity contribution in [3.8, 4) is 0 Å². The molecule has 2 amide bonds. The highest BCUT2D eigenvalue weighted by molar-refractivity contribution is 5.92. The molecule has 1 heterocycles. The molecule has 1 saturated heterocycles. The molecule has 0 saturated carbocycles. The average Bonchev–Trinajstić information content (AvgIpc) is 2.99. The predicted molar refractivity (Wildman–Crippen MR) is 81.9 cm³/mol. The summed E-state index contributed by atoms with van der Waals surface area (Å²) in [7, 11) is 0. The summed E-state index contributed by atoms with van der Waals surface area (Å²) in [5.41, 5.74) is 6.76. The number of rotatable bonds is 7. The van der Waals surface area contributed by atoms with Crippen LogP contribution in [0.2, 0.25) is 0 Å². The molecule has 5 heteroatoms. The zero-order valence-corrected chi connectivity index (χ0v) is 12.2. The second-order valence-electron chi connectivity index (χ2n) is 5.56. The van der Waals surface area contributed by atoms with E-state index in [0.29, 0.717) is 30.9 Å². The molecule has 5 nitrogen and oxygen atoms in total. The zero-order chi connectivity index (χ0) is 15.1. The largest absolute Gasteiger partial charge is 0.366 e. The number of hydrogen-bond acceptors (Lipinski definition) is 3. The number of nitrogens with one attached hydrogen (secondary N) is 2. The fraction of sp³-hybridized carbons (Fsp3) is 0.500. The molecule has 1 aliphatic rings. The van der Waals surface area contributed by atoms with E-state index in [9.17, 15) is 9.59 Å². The standard InChI is InChI=1S/C16H23N3O2/c17-16(21)14-3-1-2-12(10-14)7-9-19-15(20)5-4-13-6-8-18-11-13/h1-3,10,13,18H,4-9,11H2,(H2,17,21)(H,19,20). The Hall–Kier alpha value is -1.88.